The zero-order valence-corrected chi connectivity index (χ0v) is 17.8. The van der Waals surface area contributed by atoms with Crippen LogP contribution in [0.25, 0.3) is 11.0 Å². The van der Waals surface area contributed by atoms with Gasteiger partial charge >= 0.3 is 0 Å². The molecule has 0 saturated carbocycles. The lowest BCUT2D eigenvalue weighted by Crippen LogP contribution is -2.36. The first-order valence-corrected chi connectivity index (χ1v) is 10.7. The van der Waals surface area contributed by atoms with Gasteiger partial charge in [-0.2, -0.15) is 0 Å². The zero-order chi connectivity index (χ0) is 21.0. The van der Waals surface area contributed by atoms with Gasteiger partial charge < -0.3 is 19.5 Å². The first kappa shape index (κ1) is 19.8. The average molecular weight is 435 g/mol. The highest BCUT2D eigenvalue weighted by atomic mass is 35.5. The third-order valence-electron chi connectivity index (χ3n) is 5.39. The van der Waals surface area contributed by atoms with E-state index in [-0.39, 0.29) is 0 Å². The van der Waals surface area contributed by atoms with E-state index < -0.39 is 0 Å². The first-order chi connectivity index (χ1) is 15.2. The number of ether oxygens (including phenoxy) is 1. The summed E-state index contributed by atoms with van der Waals surface area (Å²) in [6, 6.07) is 12.5. The van der Waals surface area contributed by atoms with E-state index in [1.807, 2.05) is 30.7 Å². The van der Waals surface area contributed by atoms with Gasteiger partial charge in [-0.25, -0.2) is 15.0 Å². The van der Waals surface area contributed by atoms with Gasteiger partial charge in [0.2, 0.25) is 5.95 Å². The molecule has 0 bridgehead atoms. The fourth-order valence-corrected chi connectivity index (χ4v) is 3.90. The number of hydrogen-bond acceptors (Lipinski definition) is 6. The van der Waals surface area contributed by atoms with Crippen molar-refractivity contribution in [2.75, 3.05) is 36.5 Å². The second kappa shape index (κ2) is 8.91. The fourth-order valence-electron chi connectivity index (χ4n) is 3.73. The standard InChI is InChI=1S/C23H23ClN6O/c24-20-11-19-5-6-30(22(19)25-15-20)16-18-13-27-23(28-14-18)26-12-17-1-3-21(4-2-17)29-7-9-31-10-8-29/h1-6,11,13-15H,7-10,12,16H2,(H,26,27,28). The van der Waals surface area contributed by atoms with E-state index in [1.54, 1.807) is 6.20 Å². The van der Waals surface area contributed by atoms with E-state index in [2.05, 4.69) is 54.0 Å². The quantitative estimate of drug-likeness (QED) is 0.495. The molecule has 0 atom stereocenters. The number of halogens is 1. The van der Waals surface area contributed by atoms with Crippen molar-refractivity contribution in [2.24, 2.45) is 0 Å². The lowest BCUT2D eigenvalue weighted by atomic mass is 10.2. The van der Waals surface area contributed by atoms with Crippen LogP contribution < -0.4 is 10.2 Å². The van der Waals surface area contributed by atoms with Gasteiger partial charge in [-0.1, -0.05) is 23.7 Å². The van der Waals surface area contributed by atoms with Crippen LogP contribution in [0.5, 0.6) is 0 Å². The summed E-state index contributed by atoms with van der Waals surface area (Å²) in [5, 5.41) is 4.95. The molecule has 0 spiro atoms. The normalized spacial score (nSPS) is 14.2. The summed E-state index contributed by atoms with van der Waals surface area (Å²) in [6.45, 7) is 4.81. The molecule has 5 rings (SSSR count). The molecule has 0 amide bonds. The van der Waals surface area contributed by atoms with Crippen LogP contribution in [-0.4, -0.2) is 45.8 Å². The molecular weight excluding hydrogens is 412 g/mol. The minimum atomic E-state index is 0.614. The molecule has 1 saturated heterocycles. The van der Waals surface area contributed by atoms with E-state index in [9.17, 15) is 0 Å². The smallest absolute Gasteiger partial charge is 0.222 e. The summed E-state index contributed by atoms with van der Waals surface area (Å²) in [7, 11) is 0. The molecule has 3 aromatic heterocycles. The SMILES string of the molecule is Clc1cnc2c(ccn2Cc2cnc(NCc3ccc(N4CCOCC4)cc3)nc2)c1. The number of pyridine rings is 1. The Kier molecular flexibility index (Phi) is 5.69. The average Bonchev–Trinajstić information content (AvgIpc) is 3.21. The second-order valence-corrected chi connectivity index (χ2v) is 7.98. The van der Waals surface area contributed by atoms with Gasteiger partial charge in [0.25, 0.3) is 0 Å². The third kappa shape index (κ3) is 4.62. The third-order valence-corrected chi connectivity index (χ3v) is 5.60. The Morgan fingerprint density at radius 2 is 1.71 bits per heavy atom. The van der Waals surface area contributed by atoms with Crippen LogP contribution in [0.4, 0.5) is 11.6 Å². The molecule has 4 heterocycles. The van der Waals surface area contributed by atoms with E-state index in [1.165, 1.54) is 11.3 Å². The Morgan fingerprint density at radius 3 is 2.48 bits per heavy atom. The molecular formula is C23H23ClN6O. The van der Waals surface area contributed by atoms with Crippen molar-refractivity contribution in [2.45, 2.75) is 13.1 Å². The number of benzene rings is 1. The van der Waals surface area contributed by atoms with Crippen molar-refractivity contribution in [3.8, 4) is 0 Å². The van der Waals surface area contributed by atoms with Crippen molar-refractivity contribution < 1.29 is 4.74 Å². The largest absolute Gasteiger partial charge is 0.378 e. The molecule has 1 fully saturated rings. The van der Waals surface area contributed by atoms with Crippen LogP contribution in [0.15, 0.2) is 61.2 Å². The molecule has 8 heteroatoms. The summed E-state index contributed by atoms with van der Waals surface area (Å²) in [5.74, 6) is 0.614. The number of hydrogen-bond donors (Lipinski definition) is 1. The van der Waals surface area contributed by atoms with E-state index in [0.29, 0.717) is 24.1 Å². The molecule has 1 aliphatic rings. The Hall–Kier alpha value is -3.16. The number of nitrogens with one attached hydrogen (secondary N) is 1. The number of rotatable bonds is 6. The molecule has 7 nitrogen and oxygen atoms in total. The van der Waals surface area contributed by atoms with Crippen LogP contribution in [0.2, 0.25) is 5.02 Å². The number of fused-ring (bicyclic) bond motifs is 1. The van der Waals surface area contributed by atoms with Crippen LogP contribution in [-0.2, 0) is 17.8 Å². The Morgan fingerprint density at radius 1 is 0.935 bits per heavy atom. The molecule has 158 valence electrons. The predicted molar refractivity (Wildman–Crippen MR) is 123 cm³/mol. The van der Waals surface area contributed by atoms with Crippen LogP contribution in [0.1, 0.15) is 11.1 Å². The second-order valence-electron chi connectivity index (χ2n) is 7.54. The van der Waals surface area contributed by atoms with Crippen LogP contribution >= 0.6 is 11.6 Å². The van der Waals surface area contributed by atoms with Gasteiger partial charge in [0.15, 0.2) is 0 Å². The molecule has 31 heavy (non-hydrogen) atoms. The van der Waals surface area contributed by atoms with Gasteiger partial charge in [0.1, 0.15) is 5.65 Å². The Balaban J connectivity index is 1.18. The van der Waals surface area contributed by atoms with Gasteiger partial charge in [0, 0.05) is 61.1 Å². The summed E-state index contributed by atoms with van der Waals surface area (Å²) in [6.07, 6.45) is 7.36. The fraction of sp³-hybridized carbons (Fsp3) is 0.261. The molecule has 0 radical (unpaired) electrons. The molecule has 0 unspecified atom stereocenters. The Bertz CT molecular complexity index is 1150. The van der Waals surface area contributed by atoms with Gasteiger partial charge in [-0.3, -0.25) is 0 Å². The lowest BCUT2D eigenvalue weighted by molar-refractivity contribution is 0.122. The van der Waals surface area contributed by atoms with E-state index in [4.69, 9.17) is 16.3 Å². The summed E-state index contributed by atoms with van der Waals surface area (Å²) in [4.78, 5) is 15.7. The van der Waals surface area contributed by atoms with Crippen molar-refractivity contribution in [3.63, 3.8) is 0 Å². The predicted octanol–water partition coefficient (Wildman–Crippen LogP) is 3.98. The van der Waals surface area contributed by atoms with E-state index >= 15 is 0 Å². The highest BCUT2D eigenvalue weighted by Crippen LogP contribution is 2.19. The van der Waals surface area contributed by atoms with Gasteiger partial charge in [-0.15, -0.1) is 0 Å². The number of nitrogens with zero attached hydrogens (tertiary/aromatic N) is 5. The molecule has 0 aliphatic carbocycles. The lowest BCUT2D eigenvalue weighted by Gasteiger charge is -2.28. The maximum atomic E-state index is 6.02. The monoisotopic (exact) mass is 434 g/mol. The van der Waals surface area contributed by atoms with E-state index in [0.717, 1.165) is 42.9 Å². The first-order valence-electron chi connectivity index (χ1n) is 10.3. The maximum absolute atomic E-state index is 6.02. The van der Waals surface area contributed by atoms with Crippen molar-refractivity contribution in [1.29, 1.82) is 0 Å². The molecule has 4 aromatic rings. The molecule has 1 N–H and O–H groups in total. The Labute approximate surface area is 185 Å². The molecule has 1 aliphatic heterocycles. The number of morpholine rings is 1. The summed E-state index contributed by atoms with van der Waals surface area (Å²) >= 11 is 6.02. The van der Waals surface area contributed by atoms with Crippen LogP contribution in [0, 0.1) is 0 Å². The van der Waals surface area contributed by atoms with Crippen molar-refractivity contribution in [3.05, 3.63) is 77.3 Å². The number of anilines is 2. The van der Waals surface area contributed by atoms with Crippen LogP contribution in [0.3, 0.4) is 0 Å². The topological polar surface area (TPSA) is 68.1 Å². The van der Waals surface area contributed by atoms with Crippen molar-refractivity contribution >= 4 is 34.3 Å². The minimum Gasteiger partial charge on any atom is -0.378 e. The van der Waals surface area contributed by atoms with Gasteiger partial charge in [0.05, 0.1) is 24.8 Å². The zero-order valence-electron chi connectivity index (χ0n) is 17.0. The summed E-state index contributed by atoms with van der Waals surface area (Å²) in [5.41, 5.74) is 4.33. The minimum absolute atomic E-state index is 0.614. The van der Waals surface area contributed by atoms with Gasteiger partial charge in [-0.05, 0) is 29.8 Å². The maximum Gasteiger partial charge on any atom is 0.222 e. The highest BCUT2D eigenvalue weighted by molar-refractivity contribution is 6.31. The number of aromatic nitrogens is 4. The van der Waals surface area contributed by atoms with Crippen molar-refractivity contribution in [1.82, 2.24) is 19.5 Å². The summed E-state index contributed by atoms with van der Waals surface area (Å²) < 4.78 is 7.48. The highest BCUT2D eigenvalue weighted by Gasteiger charge is 2.11. The molecule has 1 aromatic carbocycles.